The number of nitrogens with zero attached hydrogens (tertiary/aromatic N) is 1. The average molecular weight is 311 g/mol. The van der Waals surface area contributed by atoms with Gasteiger partial charge < -0.3 is 18.9 Å². The number of ether oxygens (including phenoxy) is 4. The smallest absolute Gasteiger partial charge is 0.338 e. The molecule has 0 bridgehead atoms. The molecular formula is C13H13NO8. The van der Waals surface area contributed by atoms with Gasteiger partial charge in [0.2, 0.25) is 0 Å². The highest BCUT2D eigenvalue weighted by Gasteiger charge is 2.47. The molecule has 1 aliphatic rings. The summed E-state index contributed by atoms with van der Waals surface area (Å²) in [4.78, 5) is 33.5. The molecule has 1 aliphatic heterocycles. The topological polar surface area (TPSA) is 114 Å². The zero-order chi connectivity index (χ0) is 16.3. The van der Waals surface area contributed by atoms with E-state index < -0.39 is 35.4 Å². The third-order valence-corrected chi connectivity index (χ3v) is 3.04. The Bertz CT molecular complexity index is 577. The number of rotatable bonds is 4. The van der Waals surface area contributed by atoms with E-state index in [-0.39, 0.29) is 5.69 Å². The molecule has 0 spiro atoms. The second-order valence-corrected chi connectivity index (χ2v) is 4.34. The number of esters is 2. The van der Waals surface area contributed by atoms with Crippen molar-refractivity contribution < 1.29 is 33.5 Å². The van der Waals surface area contributed by atoms with E-state index in [1.807, 2.05) is 0 Å². The molecule has 1 heterocycles. The van der Waals surface area contributed by atoms with Crippen molar-refractivity contribution in [1.29, 1.82) is 0 Å². The van der Waals surface area contributed by atoms with Gasteiger partial charge in [0.1, 0.15) is 0 Å². The quantitative estimate of drug-likeness (QED) is 0.454. The monoisotopic (exact) mass is 311 g/mol. The first-order valence-electron chi connectivity index (χ1n) is 6.19. The Hall–Kier alpha value is -2.52. The van der Waals surface area contributed by atoms with Gasteiger partial charge in [-0.05, 0) is 0 Å². The lowest BCUT2D eigenvalue weighted by atomic mass is 10.2. The van der Waals surface area contributed by atoms with Gasteiger partial charge in [-0.1, -0.05) is 12.1 Å². The maximum absolute atomic E-state index is 11.7. The van der Waals surface area contributed by atoms with Gasteiger partial charge in [-0.15, -0.1) is 0 Å². The first-order chi connectivity index (χ1) is 10.5. The number of nitro benzene ring substituents is 1. The van der Waals surface area contributed by atoms with Crippen molar-refractivity contribution in [1.82, 2.24) is 0 Å². The SMILES string of the molecule is COC(=O)C1OC(c2cccc([N+](=O)[O-])c2)OC1C(=O)OC. The molecule has 1 aromatic carbocycles. The average Bonchev–Trinajstić information content (AvgIpc) is 2.98. The maximum Gasteiger partial charge on any atom is 0.338 e. The normalized spacial score (nSPS) is 23.8. The van der Waals surface area contributed by atoms with E-state index in [0.717, 1.165) is 14.2 Å². The van der Waals surface area contributed by atoms with Crippen LogP contribution in [0.2, 0.25) is 0 Å². The molecule has 9 nitrogen and oxygen atoms in total. The van der Waals surface area contributed by atoms with Gasteiger partial charge in [0, 0.05) is 17.7 Å². The van der Waals surface area contributed by atoms with Crippen LogP contribution >= 0.6 is 0 Å². The lowest BCUT2D eigenvalue weighted by Gasteiger charge is -2.11. The largest absolute Gasteiger partial charge is 0.467 e. The third-order valence-electron chi connectivity index (χ3n) is 3.04. The van der Waals surface area contributed by atoms with Crippen molar-refractivity contribution in [3.05, 3.63) is 39.9 Å². The lowest BCUT2D eigenvalue weighted by Crippen LogP contribution is -2.38. The summed E-state index contributed by atoms with van der Waals surface area (Å²) in [5, 5.41) is 10.8. The van der Waals surface area contributed by atoms with E-state index >= 15 is 0 Å². The van der Waals surface area contributed by atoms with Crippen LogP contribution in [0, 0.1) is 10.1 Å². The van der Waals surface area contributed by atoms with Gasteiger partial charge in [0.15, 0.2) is 18.5 Å². The highest BCUT2D eigenvalue weighted by molar-refractivity contribution is 5.86. The number of nitro groups is 1. The maximum atomic E-state index is 11.7. The predicted molar refractivity (Wildman–Crippen MR) is 69.6 cm³/mol. The van der Waals surface area contributed by atoms with E-state index in [0.29, 0.717) is 5.56 Å². The van der Waals surface area contributed by atoms with Gasteiger partial charge in [-0.25, -0.2) is 9.59 Å². The Morgan fingerprint density at radius 3 is 2.14 bits per heavy atom. The summed E-state index contributed by atoms with van der Waals surface area (Å²) in [6.07, 6.45) is -3.73. The second kappa shape index (κ2) is 6.50. The Labute approximate surface area is 124 Å². The van der Waals surface area contributed by atoms with E-state index in [4.69, 9.17) is 9.47 Å². The summed E-state index contributed by atoms with van der Waals surface area (Å²) in [6.45, 7) is 0. The number of hydrogen-bond donors (Lipinski definition) is 0. The van der Waals surface area contributed by atoms with Gasteiger partial charge in [0.25, 0.3) is 5.69 Å². The highest BCUT2D eigenvalue weighted by Crippen LogP contribution is 2.33. The molecule has 2 unspecified atom stereocenters. The zero-order valence-corrected chi connectivity index (χ0v) is 11.8. The summed E-state index contributed by atoms with van der Waals surface area (Å²) in [5.74, 6) is -1.60. The first-order valence-corrected chi connectivity index (χ1v) is 6.19. The Kier molecular flexibility index (Phi) is 4.68. The molecule has 0 amide bonds. The minimum Gasteiger partial charge on any atom is -0.467 e. The van der Waals surface area contributed by atoms with Crippen LogP contribution in [0.25, 0.3) is 0 Å². The molecule has 2 rings (SSSR count). The number of carbonyl (C=O) groups excluding carboxylic acids is 2. The third kappa shape index (κ3) is 3.05. The molecule has 0 saturated carbocycles. The van der Waals surface area contributed by atoms with E-state index in [9.17, 15) is 19.7 Å². The number of hydrogen-bond acceptors (Lipinski definition) is 8. The molecule has 2 atom stereocenters. The Morgan fingerprint density at radius 2 is 1.68 bits per heavy atom. The van der Waals surface area contributed by atoms with E-state index in [1.54, 1.807) is 0 Å². The Balaban J connectivity index is 2.27. The van der Waals surface area contributed by atoms with Gasteiger partial charge in [-0.2, -0.15) is 0 Å². The van der Waals surface area contributed by atoms with Crippen LogP contribution in [0.3, 0.4) is 0 Å². The molecule has 0 aliphatic carbocycles. The molecular weight excluding hydrogens is 298 g/mol. The minimum atomic E-state index is -1.30. The molecule has 1 fully saturated rings. The summed E-state index contributed by atoms with van der Waals surface area (Å²) in [6, 6.07) is 5.50. The summed E-state index contributed by atoms with van der Waals surface area (Å²) >= 11 is 0. The van der Waals surface area contributed by atoms with Crippen molar-refractivity contribution in [2.75, 3.05) is 14.2 Å². The summed E-state index contributed by atoms with van der Waals surface area (Å²) in [7, 11) is 2.28. The van der Waals surface area contributed by atoms with E-state index in [2.05, 4.69) is 9.47 Å². The standard InChI is InChI=1S/C13H13NO8/c1-19-11(15)9-10(12(16)20-2)22-13(21-9)7-4-3-5-8(6-7)14(17)18/h3-6,9-10,13H,1-2H3. The van der Waals surface area contributed by atoms with Gasteiger partial charge in [-0.3, -0.25) is 10.1 Å². The molecule has 1 saturated heterocycles. The summed E-state index contributed by atoms with van der Waals surface area (Å²) in [5.41, 5.74) is 0.135. The number of benzene rings is 1. The fraction of sp³-hybridized carbons (Fsp3) is 0.385. The highest BCUT2D eigenvalue weighted by atomic mass is 16.8. The number of non-ortho nitro benzene ring substituents is 1. The lowest BCUT2D eigenvalue weighted by molar-refractivity contribution is -0.385. The molecule has 9 heteroatoms. The second-order valence-electron chi connectivity index (χ2n) is 4.34. The molecule has 22 heavy (non-hydrogen) atoms. The fourth-order valence-corrected chi connectivity index (χ4v) is 1.97. The van der Waals surface area contributed by atoms with Crippen molar-refractivity contribution in [2.45, 2.75) is 18.5 Å². The first kappa shape index (κ1) is 15.9. The zero-order valence-electron chi connectivity index (χ0n) is 11.8. The van der Waals surface area contributed by atoms with Crippen LogP contribution in [0.1, 0.15) is 11.9 Å². The minimum absolute atomic E-state index is 0.166. The Morgan fingerprint density at radius 1 is 1.14 bits per heavy atom. The van der Waals surface area contributed by atoms with Crippen LogP contribution < -0.4 is 0 Å². The van der Waals surface area contributed by atoms with Crippen LogP contribution in [0.15, 0.2) is 24.3 Å². The molecule has 1 aromatic rings. The molecule has 0 aromatic heterocycles. The van der Waals surface area contributed by atoms with Crippen LogP contribution in [0.4, 0.5) is 5.69 Å². The van der Waals surface area contributed by atoms with Crippen molar-refractivity contribution in [3.8, 4) is 0 Å². The van der Waals surface area contributed by atoms with Crippen LogP contribution in [-0.4, -0.2) is 43.3 Å². The van der Waals surface area contributed by atoms with Crippen LogP contribution in [-0.2, 0) is 28.5 Å². The predicted octanol–water partition coefficient (Wildman–Crippen LogP) is 0.723. The van der Waals surface area contributed by atoms with Gasteiger partial charge in [0.05, 0.1) is 19.1 Å². The van der Waals surface area contributed by atoms with E-state index in [1.165, 1.54) is 24.3 Å². The van der Waals surface area contributed by atoms with Crippen molar-refractivity contribution in [2.24, 2.45) is 0 Å². The van der Waals surface area contributed by atoms with Gasteiger partial charge >= 0.3 is 11.9 Å². The summed E-state index contributed by atoms with van der Waals surface area (Å²) < 4.78 is 19.8. The number of carbonyl (C=O) groups is 2. The molecule has 118 valence electrons. The van der Waals surface area contributed by atoms with Crippen LogP contribution in [0.5, 0.6) is 0 Å². The van der Waals surface area contributed by atoms with Crippen molar-refractivity contribution in [3.63, 3.8) is 0 Å². The fourth-order valence-electron chi connectivity index (χ4n) is 1.97. The molecule has 0 radical (unpaired) electrons. The molecule has 0 N–H and O–H groups in total. The number of methoxy groups -OCH3 is 2. The van der Waals surface area contributed by atoms with Crippen molar-refractivity contribution >= 4 is 17.6 Å².